The maximum atomic E-state index is 13.2. The summed E-state index contributed by atoms with van der Waals surface area (Å²) in [4.78, 5) is 10.8. The molecular weight excluding hydrogens is 201 g/mol. The molecule has 0 heterocycles. The standard InChI is InChI=1S/C10H12FNO3/c1-6(5-12)15-8-4-2-3-7(11)9(8)10(13)14/h2-4,6H,5,12H2,1H3,(H,13,14). The molecule has 0 radical (unpaired) electrons. The molecule has 5 heteroatoms. The monoisotopic (exact) mass is 213 g/mol. The van der Waals surface area contributed by atoms with Gasteiger partial charge in [0.2, 0.25) is 0 Å². The van der Waals surface area contributed by atoms with E-state index in [1.165, 1.54) is 12.1 Å². The largest absolute Gasteiger partial charge is 0.488 e. The molecule has 0 saturated heterocycles. The van der Waals surface area contributed by atoms with Crippen molar-refractivity contribution in [2.75, 3.05) is 6.54 Å². The highest BCUT2D eigenvalue weighted by molar-refractivity contribution is 5.91. The Morgan fingerprint density at radius 2 is 2.33 bits per heavy atom. The average molecular weight is 213 g/mol. The molecule has 1 aromatic carbocycles. The summed E-state index contributed by atoms with van der Waals surface area (Å²) in [7, 11) is 0. The predicted molar refractivity (Wildman–Crippen MR) is 52.5 cm³/mol. The number of hydrogen-bond acceptors (Lipinski definition) is 3. The van der Waals surface area contributed by atoms with Crippen LogP contribution in [0.4, 0.5) is 4.39 Å². The van der Waals surface area contributed by atoms with Gasteiger partial charge in [0, 0.05) is 6.54 Å². The van der Waals surface area contributed by atoms with Crippen molar-refractivity contribution >= 4 is 5.97 Å². The lowest BCUT2D eigenvalue weighted by molar-refractivity contribution is 0.0684. The molecular formula is C10H12FNO3. The Morgan fingerprint density at radius 1 is 1.67 bits per heavy atom. The number of benzene rings is 1. The lowest BCUT2D eigenvalue weighted by atomic mass is 10.2. The van der Waals surface area contributed by atoms with Crippen molar-refractivity contribution in [3.63, 3.8) is 0 Å². The normalized spacial score (nSPS) is 12.2. The van der Waals surface area contributed by atoms with Gasteiger partial charge in [-0.25, -0.2) is 9.18 Å². The molecule has 0 aromatic heterocycles. The van der Waals surface area contributed by atoms with Crippen molar-refractivity contribution in [3.8, 4) is 5.75 Å². The minimum Gasteiger partial charge on any atom is -0.488 e. The summed E-state index contributed by atoms with van der Waals surface area (Å²) in [5, 5.41) is 8.78. The number of carboxylic acids is 1. The van der Waals surface area contributed by atoms with Crippen molar-refractivity contribution in [3.05, 3.63) is 29.6 Å². The van der Waals surface area contributed by atoms with E-state index in [0.29, 0.717) is 0 Å². The van der Waals surface area contributed by atoms with Crippen LogP contribution in [0.2, 0.25) is 0 Å². The summed E-state index contributed by atoms with van der Waals surface area (Å²) in [5.41, 5.74) is 4.86. The highest BCUT2D eigenvalue weighted by Crippen LogP contribution is 2.22. The first-order chi connectivity index (χ1) is 7.06. The zero-order valence-electron chi connectivity index (χ0n) is 8.24. The first-order valence-electron chi connectivity index (χ1n) is 4.44. The van der Waals surface area contributed by atoms with E-state index in [0.717, 1.165) is 6.07 Å². The topological polar surface area (TPSA) is 72.5 Å². The van der Waals surface area contributed by atoms with Crippen LogP contribution in [0.25, 0.3) is 0 Å². The Hall–Kier alpha value is -1.62. The summed E-state index contributed by atoms with van der Waals surface area (Å²) < 4.78 is 18.4. The van der Waals surface area contributed by atoms with Gasteiger partial charge in [-0.2, -0.15) is 0 Å². The van der Waals surface area contributed by atoms with Crippen LogP contribution in [0.5, 0.6) is 5.75 Å². The SMILES string of the molecule is CC(CN)Oc1cccc(F)c1C(=O)O. The third-order valence-electron chi connectivity index (χ3n) is 1.85. The molecule has 0 aliphatic rings. The van der Waals surface area contributed by atoms with Gasteiger partial charge in [0.05, 0.1) is 0 Å². The second-order valence-corrected chi connectivity index (χ2v) is 3.08. The second-order valence-electron chi connectivity index (χ2n) is 3.08. The molecule has 1 aromatic rings. The number of carbonyl (C=O) groups is 1. The zero-order chi connectivity index (χ0) is 11.4. The Morgan fingerprint density at radius 3 is 2.87 bits per heavy atom. The first-order valence-corrected chi connectivity index (χ1v) is 4.44. The van der Waals surface area contributed by atoms with Crippen molar-refractivity contribution in [1.29, 1.82) is 0 Å². The number of ether oxygens (including phenoxy) is 1. The summed E-state index contributed by atoms with van der Waals surface area (Å²) >= 11 is 0. The number of rotatable bonds is 4. The number of aromatic carboxylic acids is 1. The number of halogens is 1. The van der Waals surface area contributed by atoms with Crippen LogP contribution < -0.4 is 10.5 Å². The molecule has 4 nitrogen and oxygen atoms in total. The van der Waals surface area contributed by atoms with E-state index in [2.05, 4.69) is 0 Å². The van der Waals surface area contributed by atoms with Gasteiger partial charge in [0.15, 0.2) is 0 Å². The van der Waals surface area contributed by atoms with Crippen LogP contribution in [0.3, 0.4) is 0 Å². The number of carboxylic acid groups (broad SMARTS) is 1. The fourth-order valence-corrected chi connectivity index (χ4v) is 1.07. The van der Waals surface area contributed by atoms with Gasteiger partial charge in [-0.05, 0) is 19.1 Å². The molecule has 0 bridgehead atoms. The minimum atomic E-state index is -1.35. The van der Waals surface area contributed by atoms with E-state index in [1.54, 1.807) is 6.92 Å². The minimum absolute atomic E-state index is 0.000417. The van der Waals surface area contributed by atoms with Crippen molar-refractivity contribution in [2.45, 2.75) is 13.0 Å². The van der Waals surface area contributed by atoms with E-state index < -0.39 is 17.3 Å². The third-order valence-corrected chi connectivity index (χ3v) is 1.85. The van der Waals surface area contributed by atoms with Crippen molar-refractivity contribution in [2.24, 2.45) is 5.73 Å². The quantitative estimate of drug-likeness (QED) is 0.789. The lowest BCUT2D eigenvalue weighted by Crippen LogP contribution is -2.24. The molecule has 1 atom stereocenters. The Labute approximate surface area is 86.5 Å². The highest BCUT2D eigenvalue weighted by atomic mass is 19.1. The van der Waals surface area contributed by atoms with Crippen molar-refractivity contribution in [1.82, 2.24) is 0 Å². The Balaban J connectivity index is 3.06. The van der Waals surface area contributed by atoms with Gasteiger partial charge < -0.3 is 15.6 Å². The van der Waals surface area contributed by atoms with Crippen LogP contribution >= 0.6 is 0 Å². The average Bonchev–Trinajstić information content (AvgIpc) is 2.17. The van der Waals surface area contributed by atoms with Gasteiger partial charge in [0.25, 0.3) is 0 Å². The molecule has 82 valence electrons. The van der Waals surface area contributed by atoms with Crippen LogP contribution in [-0.4, -0.2) is 23.7 Å². The number of hydrogen-bond donors (Lipinski definition) is 2. The van der Waals surface area contributed by atoms with Gasteiger partial charge in [0.1, 0.15) is 23.2 Å². The Bertz CT molecular complexity index is 368. The predicted octanol–water partition coefficient (Wildman–Crippen LogP) is 1.25. The van der Waals surface area contributed by atoms with Crippen LogP contribution in [0.15, 0.2) is 18.2 Å². The van der Waals surface area contributed by atoms with E-state index in [9.17, 15) is 9.18 Å². The Kier molecular flexibility index (Phi) is 3.62. The molecule has 0 aliphatic heterocycles. The maximum Gasteiger partial charge on any atom is 0.342 e. The smallest absolute Gasteiger partial charge is 0.342 e. The fraction of sp³-hybridized carbons (Fsp3) is 0.300. The molecule has 0 aliphatic carbocycles. The molecule has 15 heavy (non-hydrogen) atoms. The van der Waals surface area contributed by atoms with Gasteiger partial charge in [-0.3, -0.25) is 0 Å². The first kappa shape index (κ1) is 11.5. The van der Waals surface area contributed by atoms with E-state index in [4.69, 9.17) is 15.6 Å². The van der Waals surface area contributed by atoms with Gasteiger partial charge in [-0.15, -0.1) is 0 Å². The second kappa shape index (κ2) is 4.75. The fourth-order valence-electron chi connectivity index (χ4n) is 1.07. The summed E-state index contributed by atoms with van der Waals surface area (Å²) in [6.07, 6.45) is -0.357. The summed E-state index contributed by atoms with van der Waals surface area (Å²) in [5.74, 6) is -2.17. The van der Waals surface area contributed by atoms with E-state index in [1.807, 2.05) is 0 Å². The van der Waals surface area contributed by atoms with E-state index >= 15 is 0 Å². The number of nitrogens with two attached hydrogens (primary N) is 1. The molecule has 3 N–H and O–H groups in total. The van der Waals surface area contributed by atoms with Gasteiger partial charge >= 0.3 is 5.97 Å². The molecule has 0 spiro atoms. The lowest BCUT2D eigenvalue weighted by Gasteiger charge is -2.14. The van der Waals surface area contributed by atoms with Crippen LogP contribution in [0.1, 0.15) is 17.3 Å². The maximum absolute atomic E-state index is 13.2. The van der Waals surface area contributed by atoms with Gasteiger partial charge in [-0.1, -0.05) is 6.07 Å². The molecule has 1 rings (SSSR count). The molecule has 0 fully saturated rings. The van der Waals surface area contributed by atoms with E-state index in [-0.39, 0.29) is 18.4 Å². The zero-order valence-corrected chi connectivity index (χ0v) is 8.24. The summed E-state index contributed by atoms with van der Waals surface area (Å²) in [6, 6.07) is 3.86. The molecule has 1 unspecified atom stereocenters. The third kappa shape index (κ3) is 2.66. The van der Waals surface area contributed by atoms with Crippen LogP contribution in [0, 0.1) is 5.82 Å². The van der Waals surface area contributed by atoms with Crippen molar-refractivity contribution < 1.29 is 19.0 Å². The molecule has 0 amide bonds. The van der Waals surface area contributed by atoms with Crippen LogP contribution in [-0.2, 0) is 0 Å². The highest BCUT2D eigenvalue weighted by Gasteiger charge is 2.17. The molecule has 0 saturated carbocycles. The summed E-state index contributed by atoms with van der Waals surface area (Å²) in [6.45, 7) is 1.91.